The Hall–Kier alpha value is -6.86. The summed E-state index contributed by atoms with van der Waals surface area (Å²) in [5, 5.41) is 2.87. The third-order valence-corrected chi connectivity index (χ3v) is 12.0. The van der Waals surface area contributed by atoms with Crippen LogP contribution in [-0.2, 0) is 56.0 Å². The van der Waals surface area contributed by atoms with Crippen molar-refractivity contribution < 1.29 is 110 Å². The first kappa shape index (κ1) is 59.4. The Balaban J connectivity index is 0.000000397. The van der Waals surface area contributed by atoms with E-state index in [4.69, 9.17) is 11.6 Å². The molecule has 0 spiro atoms. The van der Waals surface area contributed by atoms with E-state index in [0.717, 1.165) is 17.6 Å². The van der Waals surface area contributed by atoms with Crippen LogP contribution in [0.3, 0.4) is 0 Å². The molecule has 0 saturated heterocycles. The average Bonchev–Trinajstić information content (AvgIpc) is 3.29. The van der Waals surface area contributed by atoms with Crippen molar-refractivity contribution >= 4 is 55.4 Å². The molecular formula is C50H27BClF24N. The summed E-state index contributed by atoms with van der Waals surface area (Å²) in [7, 11) is 0. The van der Waals surface area contributed by atoms with Crippen LogP contribution in [0.2, 0.25) is 0 Å². The number of rotatable bonds is 7. The Morgan fingerprint density at radius 2 is 0.623 bits per heavy atom. The quantitative estimate of drug-likeness (QED) is 0.0851. The zero-order valence-corrected chi connectivity index (χ0v) is 38.4. The SMILES string of the molecule is C=C(Cl)c1c2ccccc2cc[n+]1Cc1ccccc1.FC(F)(F)c1cc([B-](c2cc(C(F)(F)F)cc(C(F)(F)F)c2)(c2cc(C(F)(F)F)cc(C(F)(F)F)c2)c2cc(C(F)(F)F)cc(C(F)(F)F)c2)cc(C(F)(F)F)c1. The van der Waals surface area contributed by atoms with Gasteiger partial charge in [-0.1, -0.05) is 115 Å². The van der Waals surface area contributed by atoms with Gasteiger partial charge >= 0.3 is 49.4 Å². The summed E-state index contributed by atoms with van der Waals surface area (Å²) in [5.74, 6) is 0. The van der Waals surface area contributed by atoms with E-state index in [1.54, 1.807) is 0 Å². The van der Waals surface area contributed by atoms with Crippen LogP contribution >= 0.6 is 11.6 Å². The maximum atomic E-state index is 14.2. The lowest BCUT2D eigenvalue weighted by Crippen LogP contribution is -2.75. The minimum Gasteiger partial charge on any atom is -0.194 e. The van der Waals surface area contributed by atoms with Gasteiger partial charge in [0.25, 0.3) is 0 Å². The van der Waals surface area contributed by atoms with E-state index in [2.05, 4.69) is 47.7 Å². The van der Waals surface area contributed by atoms with Crippen molar-refractivity contribution in [3.8, 4) is 0 Å². The monoisotopic (exact) mass is 1140 g/mol. The lowest BCUT2D eigenvalue weighted by molar-refractivity contribution is -0.688. The molecule has 0 amide bonds. The average molecular weight is 1140 g/mol. The van der Waals surface area contributed by atoms with E-state index in [1.165, 1.54) is 10.9 Å². The van der Waals surface area contributed by atoms with Crippen molar-refractivity contribution in [3.63, 3.8) is 0 Å². The minimum absolute atomic E-state index is 0.567. The molecule has 0 radical (unpaired) electrons. The normalized spacial score (nSPS) is 13.4. The standard InChI is InChI=1S/C32H12BF24.C18H15ClN/c34-25(35,36)13-1-14(26(37,38)39)6-21(5-13)33(22-7-15(27(40,41)42)2-16(8-22)28(43,44)45,23-9-17(29(46,47)48)3-18(10-23)30(49,50)51)24-11-19(31(52,53)54)4-20(12-24)32(55,56)57;1-14(19)18-17-10-6-5-9-16(17)11-12-20(18)13-15-7-3-2-4-8-15/h1-12H;2-12H,1,13H2/q-1;+1. The van der Waals surface area contributed by atoms with Gasteiger partial charge in [-0.3, -0.25) is 0 Å². The highest BCUT2D eigenvalue weighted by atomic mass is 35.5. The number of nitrogens with zero attached hydrogens (tertiary/aromatic N) is 1. The molecule has 1 nitrogen and oxygen atoms in total. The van der Waals surface area contributed by atoms with Gasteiger partial charge in [0.15, 0.2) is 12.7 Å². The lowest BCUT2D eigenvalue weighted by atomic mass is 9.12. The topological polar surface area (TPSA) is 3.88 Å². The molecule has 1 heterocycles. The fraction of sp³-hybridized carbons (Fsp3) is 0.180. The summed E-state index contributed by atoms with van der Waals surface area (Å²) in [6.45, 7) is 4.71. The van der Waals surface area contributed by atoms with Crippen LogP contribution < -0.4 is 26.4 Å². The molecule has 0 aliphatic carbocycles. The van der Waals surface area contributed by atoms with E-state index in [-0.39, 0.29) is 0 Å². The first-order valence-electron chi connectivity index (χ1n) is 21.2. The van der Waals surface area contributed by atoms with Gasteiger partial charge in [0.2, 0.25) is 5.69 Å². The molecule has 0 unspecified atom stereocenters. The number of halogens is 25. The van der Waals surface area contributed by atoms with Crippen LogP contribution in [-0.4, -0.2) is 6.15 Å². The second-order valence-corrected chi connectivity index (χ2v) is 17.4. The van der Waals surface area contributed by atoms with Crippen LogP contribution in [0.25, 0.3) is 15.8 Å². The maximum Gasteiger partial charge on any atom is 0.416 e. The summed E-state index contributed by atoms with van der Waals surface area (Å²) in [5.41, 5.74) is -28.0. The third-order valence-electron chi connectivity index (χ3n) is 11.8. The zero-order valence-electron chi connectivity index (χ0n) is 37.7. The molecule has 410 valence electrons. The molecule has 7 aromatic rings. The van der Waals surface area contributed by atoms with Crippen LogP contribution in [0.4, 0.5) is 105 Å². The summed E-state index contributed by atoms with van der Waals surface area (Å²) < 4.78 is 343. The molecule has 77 heavy (non-hydrogen) atoms. The van der Waals surface area contributed by atoms with Gasteiger partial charge in [0.1, 0.15) is 11.2 Å². The second kappa shape index (κ2) is 20.5. The fourth-order valence-corrected chi connectivity index (χ4v) is 8.75. The molecule has 0 aliphatic rings. The number of fused-ring (bicyclic) bond motifs is 1. The van der Waals surface area contributed by atoms with Gasteiger partial charge in [-0.05, 0) is 35.7 Å². The highest BCUT2D eigenvalue weighted by Gasteiger charge is 2.47. The number of aromatic nitrogens is 1. The molecule has 6 aromatic carbocycles. The van der Waals surface area contributed by atoms with Crippen LogP contribution in [0.15, 0.2) is 146 Å². The van der Waals surface area contributed by atoms with Crippen molar-refractivity contribution in [2.45, 2.75) is 56.0 Å². The van der Waals surface area contributed by atoms with Crippen molar-refractivity contribution in [1.82, 2.24) is 0 Å². The van der Waals surface area contributed by atoms with Crippen molar-refractivity contribution in [2.75, 3.05) is 0 Å². The number of pyridine rings is 1. The minimum atomic E-state index is -6.13. The van der Waals surface area contributed by atoms with Crippen LogP contribution in [0.1, 0.15) is 55.8 Å². The van der Waals surface area contributed by atoms with E-state index in [1.807, 2.05) is 30.3 Å². The molecule has 1 aromatic heterocycles. The van der Waals surface area contributed by atoms with Gasteiger partial charge in [0, 0.05) is 11.6 Å². The summed E-state index contributed by atoms with van der Waals surface area (Å²) >= 11 is 6.24. The number of hydrogen-bond acceptors (Lipinski definition) is 0. The van der Waals surface area contributed by atoms with E-state index in [0.29, 0.717) is 5.03 Å². The summed E-state index contributed by atoms with van der Waals surface area (Å²) in [6.07, 6.45) is -52.7. The largest absolute Gasteiger partial charge is 0.416 e. The summed E-state index contributed by atoms with van der Waals surface area (Å²) in [6, 6.07) is 11.9. The molecule has 0 bridgehead atoms. The highest BCUT2D eigenvalue weighted by Crippen LogP contribution is 2.41. The van der Waals surface area contributed by atoms with Gasteiger partial charge in [-0.15, -0.1) is 0 Å². The van der Waals surface area contributed by atoms with Gasteiger partial charge < -0.3 is 0 Å². The van der Waals surface area contributed by atoms with Gasteiger partial charge in [-0.25, -0.2) is 0 Å². The predicted octanol–water partition coefficient (Wildman–Crippen LogP) is 15.6. The Kier molecular flexibility index (Phi) is 15.8. The molecular weight excluding hydrogens is 1120 g/mol. The highest BCUT2D eigenvalue weighted by molar-refractivity contribution is 7.20. The fourth-order valence-electron chi connectivity index (χ4n) is 8.54. The Morgan fingerprint density at radius 3 is 0.883 bits per heavy atom. The number of alkyl halides is 24. The van der Waals surface area contributed by atoms with Gasteiger partial charge in [-0.2, -0.15) is 132 Å². The van der Waals surface area contributed by atoms with Crippen molar-refractivity contribution in [1.29, 1.82) is 0 Å². The lowest BCUT2D eigenvalue weighted by Gasteiger charge is -2.46. The Bertz CT molecular complexity index is 2870. The first-order chi connectivity index (χ1) is 35.0. The Morgan fingerprint density at radius 1 is 0.364 bits per heavy atom. The zero-order chi connectivity index (χ0) is 57.9. The van der Waals surface area contributed by atoms with Crippen molar-refractivity contribution in [3.05, 3.63) is 202 Å². The molecule has 0 atom stereocenters. The van der Waals surface area contributed by atoms with Crippen molar-refractivity contribution in [2.24, 2.45) is 0 Å². The van der Waals surface area contributed by atoms with Gasteiger partial charge in [0.05, 0.1) is 49.9 Å². The number of hydrogen-bond donors (Lipinski definition) is 0. The summed E-state index contributed by atoms with van der Waals surface area (Å²) in [4.78, 5) is 0. The second-order valence-electron chi connectivity index (χ2n) is 17.0. The molecule has 0 aliphatic heterocycles. The Labute approximate surface area is 422 Å². The molecule has 27 heteroatoms. The molecule has 0 saturated carbocycles. The van der Waals surface area contributed by atoms with Crippen LogP contribution in [0.5, 0.6) is 0 Å². The van der Waals surface area contributed by atoms with Crippen LogP contribution in [0, 0.1) is 0 Å². The molecule has 0 fully saturated rings. The number of benzene rings is 6. The molecule has 7 rings (SSSR count). The third kappa shape index (κ3) is 13.3. The predicted molar refractivity (Wildman–Crippen MR) is 235 cm³/mol. The maximum absolute atomic E-state index is 14.2. The van der Waals surface area contributed by atoms with E-state index < -0.39 is 195 Å². The smallest absolute Gasteiger partial charge is 0.194 e. The molecule has 0 N–H and O–H groups in total. The van der Waals surface area contributed by atoms with E-state index >= 15 is 0 Å². The van der Waals surface area contributed by atoms with E-state index in [9.17, 15) is 105 Å². The first-order valence-corrected chi connectivity index (χ1v) is 21.6.